The van der Waals surface area contributed by atoms with Gasteiger partial charge < -0.3 is 28.4 Å². The Hall–Kier alpha value is -3.18. The fourth-order valence-corrected chi connectivity index (χ4v) is 24.1. The number of ether oxygens (including phenoxy) is 6. The van der Waals surface area contributed by atoms with Crippen LogP contribution >= 0.6 is 0 Å². The topological polar surface area (TPSA) is 158 Å². The molecule has 18 fully saturated rings. The van der Waals surface area contributed by atoms with Crippen molar-refractivity contribution in [2.45, 2.75) is 335 Å². The van der Waals surface area contributed by atoms with Gasteiger partial charge in [0.2, 0.25) is 0 Å². The van der Waals surface area contributed by atoms with Gasteiger partial charge in [0, 0.05) is 17.8 Å². The Kier molecular flexibility index (Phi) is 24.7. The zero-order valence-electron chi connectivity index (χ0n) is 55.4. The van der Waals surface area contributed by atoms with E-state index in [0.29, 0.717) is 53.3 Å². The van der Waals surface area contributed by atoms with Crippen molar-refractivity contribution < 1.29 is 57.2 Å². The molecule has 0 radical (unpaired) electrons. The first-order valence-electron chi connectivity index (χ1n) is 36.9. The monoisotopic (exact) mass is 1300 g/mol. The molecule has 18 saturated carbocycles. The molecule has 0 aromatic rings. The van der Waals surface area contributed by atoms with Crippen molar-refractivity contribution in [3.63, 3.8) is 0 Å². The maximum absolute atomic E-state index is 13.5. The van der Waals surface area contributed by atoms with Crippen LogP contribution in [0, 0.1) is 142 Å². The summed E-state index contributed by atoms with van der Waals surface area (Å²) in [4.78, 5) is 77.5. The lowest BCUT2D eigenvalue weighted by molar-refractivity contribution is -0.217. The van der Waals surface area contributed by atoms with Crippen LogP contribution in [0.4, 0.5) is 0 Å². The van der Waals surface area contributed by atoms with Crippen LogP contribution < -0.4 is 0 Å². The van der Waals surface area contributed by atoms with E-state index < -0.39 is 5.41 Å². The van der Waals surface area contributed by atoms with Crippen LogP contribution in [0.1, 0.15) is 300 Å². The predicted molar refractivity (Wildman–Crippen MR) is 370 cm³/mol. The number of carbonyl (C=O) groups is 6. The van der Waals surface area contributed by atoms with Gasteiger partial charge in [-0.2, -0.15) is 0 Å². The summed E-state index contributed by atoms with van der Waals surface area (Å²) in [5, 5.41) is 0. The fraction of sp³-hybridized carbons (Fsp3) is 0.926. The number of fused-ring (bicyclic) bond motifs is 6. The minimum atomic E-state index is -0.454. The Bertz CT molecular complexity index is 2500. The number of hydrogen-bond donors (Lipinski definition) is 0. The fourth-order valence-electron chi connectivity index (χ4n) is 24.1. The van der Waals surface area contributed by atoms with Gasteiger partial charge in [0.15, 0.2) is 0 Å². The van der Waals surface area contributed by atoms with Crippen LogP contribution in [0.15, 0.2) is 0 Å². The van der Waals surface area contributed by atoms with Gasteiger partial charge in [-0.25, -0.2) is 0 Å². The van der Waals surface area contributed by atoms with Gasteiger partial charge in [-0.3, -0.25) is 28.8 Å². The van der Waals surface area contributed by atoms with Crippen molar-refractivity contribution in [2.24, 2.45) is 142 Å². The average Bonchev–Trinajstić information content (AvgIpc) is 1.51. The lowest BCUT2D eigenvalue weighted by Gasteiger charge is -2.60. The van der Waals surface area contributed by atoms with E-state index in [1.165, 1.54) is 96.3 Å². The Balaban J connectivity index is 0.000000192. The Morgan fingerprint density at radius 1 is 0.366 bits per heavy atom. The minimum absolute atomic E-state index is 0. The summed E-state index contributed by atoms with van der Waals surface area (Å²) >= 11 is 0. The molecule has 18 aliphatic rings. The number of carbonyl (C=O) groups excluding carboxylic acids is 6. The predicted octanol–water partition coefficient (Wildman–Crippen LogP) is 19.2. The Morgan fingerprint density at radius 2 is 0.634 bits per heavy atom. The third-order valence-corrected chi connectivity index (χ3v) is 29.2. The van der Waals surface area contributed by atoms with E-state index in [1.54, 1.807) is 0 Å². The molecule has 0 N–H and O–H groups in total. The summed E-state index contributed by atoms with van der Waals surface area (Å²) in [5.74, 6) is 10.1. The quantitative estimate of drug-likeness (QED) is 0.100. The molecule has 14 unspecified atom stereocenters. The molecule has 534 valence electrons. The highest BCUT2D eigenvalue weighted by Gasteiger charge is 2.64. The van der Waals surface area contributed by atoms with E-state index in [9.17, 15) is 28.8 Å². The van der Waals surface area contributed by atoms with Crippen molar-refractivity contribution in [3.8, 4) is 0 Å². The lowest BCUT2D eigenvalue weighted by atomic mass is 9.49. The number of hydrogen-bond acceptors (Lipinski definition) is 12. The van der Waals surface area contributed by atoms with Gasteiger partial charge in [0.1, 0.15) is 35.1 Å². The van der Waals surface area contributed by atoms with Crippen LogP contribution in [0.5, 0.6) is 0 Å². The van der Waals surface area contributed by atoms with E-state index in [1.807, 2.05) is 48.5 Å². The first kappa shape index (κ1) is 77.2. The van der Waals surface area contributed by atoms with E-state index in [-0.39, 0.29) is 163 Å². The molecule has 18 aliphatic carbocycles. The number of esters is 6. The smallest absolute Gasteiger partial charge is 0.311 e. The molecule has 12 heteroatoms. The van der Waals surface area contributed by atoms with E-state index in [4.69, 9.17) is 28.4 Å². The van der Waals surface area contributed by atoms with Crippen molar-refractivity contribution >= 4 is 35.8 Å². The molecule has 14 atom stereocenters. The highest BCUT2D eigenvalue weighted by atomic mass is 16.6. The Labute approximate surface area is 567 Å². The first-order chi connectivity index (χ1) is 41.5. The van der Waals surface area contributed by atoms with Crippen LogP contribution in [0.25, 0.3) is 0 Å². The summed E-state index contributed by atoms with van der Waals surface area (Å²) in [7, 11) is 0. The highest BCUT2D eigenvalue weighted by molar-refractivity contribution is 5.78. The molecule has 12 nitrogen and oxygen atoms in total. The average molecular weight is 1300 g/mol. The normalized spacial score (nSPS) is 44.7. The number of rotatable bonds is 17. The van der Waals surface area contributed by atoms with Crippen molar-refractivity contribution in [1.82, 2.24) is 0 Å². The van der Waals surface area contributed by atoms with Crippen LogP contribution in [-0.2, 0) is 57.2 Å². The molecule has 0 saturated heterocycles. The van der Waals surface area contributed by atoms with Crippen molar-refractivity contribution in [3.05, 3.63) is 0 Å². The van der Waals surface area contributed by atoms with Gasteiger partial charge >= 0.3 is 35.8 Å². The summed E-state index contributed by atoms with van der Waals surface area (Å²) in [5.41, 5.74) is -1.14. The minimum Gasteiger partial charge on any atom is -0.462 e. The molecular weight excluding hydrogens is 1160 g/mol. The van der Waals surface area contributed by atoms with Crippen molar-refractivity contribution in [1.29, 1.82) is 0 Å². The zero-order chi connectivity index (χ0) is 61.2. The molecular formula is C81H138O12. The molecule has 0 aromatic heterocycles. The van der Waals surface area contributed by atoms with E-state index >= 15 is 0 Å². The maximum atomic E-state index is 13.5. The molecule has 0 amide bonds. The van der Waals surface area contributed by atoms with Crippen LogP contribution in [-0.4, -0.2) is 70.9 Å². The van der Waals surface area contributed by atoms with Crippen LogP contribution in [0.3, 0.4) is 0 Å². The second-order valence-corrected chi connectivity index (χ2v) is 34.3. The molecule has 18 bridgehead atoms. The van der Waals surface area contributed by atoms with E-state index in [0.717, 1.165) is 125 Å². The second-order valence-electron chi connectivity index (χ2n) is 34.3. The molecule has 93 heavy (non-hydrogen) atoms. The molecule has 0 aliphatic heterocycles. The summed E-state index contributed by atoms with van der Waals surface area (Å²) < 4.78 is 37.2. The summed E-state index contributed by atoms with van der Waals surface area (Å²) in [6.45, 7) is 20.5. The summed E-state index contributed by atoms with van der Waals surface area (Å²) in [6.07, 6.45) is 32.0. The third kappa shape index (κ3) is 14.0. The SMILES string of the molecule is C.C.C.C.C.C.CCC(C)(C)C(=O)OC1CC2CC(C(=O)OC3(CC)C4CC5CC(C4)CC3C5)C1C2.CCC(C)C(=O)OC1CC2CC(C(=O)OC3(C)C4CC5CC(C4)CC3C5)C1C2.CCC(C)C(=O)OC1CC2CC(C(=O)OC3(CC)C4CC5CC(C4)CC3C5)C1C2. The summed E-state index contributed by atoms with van der Waals surface area (Å²) in [6, 6.07) is 0. The molecule has 0 heterocycles. The Morgan fingerprint density at radius 3 is 0.903 bits per heavy atom. The largest absolute Gasteiger partial charge is 0.462 e. The highest BCUT2D eigenvalue weighted by Crippen LogP contribution is 2.65. The molecule has 0 aromatic carbocycles. The standard InChI is InChI=1S/C26H40O4.C25H38O4.C24H36O4.6CH4/c1-5-25(3,4)24(28)29-22-14-17-12-20(22)21(13-17)23(27)30-26(6-2)18-8-15-7-16(10-18)11-19(26)9-15;1-4-14(3)23(26)28-22-13-17-11-20(22)21(12-17)24(27)29-25(5-2)18-7-15-6-16(9-18)10-19(25)8-15;1-4-13(2)22(25)27-21-12-16-10-19(21)20(11-16)23(26)28-24(3)17-6-14-5-15(8-17)9-18(24)7-14;;;;;;/h15-22H,5-14H2,1-4H3;14-22H,4-13H2,1-3H3;13-21H,4-12H2,1-3H3;6*1H4. The van der Waals surface area contributed by atoms with Gasteiger partial charge in [-0.15, -0.1) is 0 Å². The van der Waals surface area contributed by atoms with Crippen molar-refractivity contribution in [2.75, 3.05) is 0 Å². The zero-order valence-corrected chi connectivity index (χ0v) is 55.4. The van der Waals surface area contributed by atoms with Gasteiger partial charge in [0.05, 0.1) is 35.0 Å². The maximum Gasteiger partial charge on any atom is 0.311 e. The van der Waals surface area contributed by atoms with Gasteiger partial charge in [-0.1, -0.05) is 93.0 Å². The van der Waals surface area contributed by atoms with Crippen LogP contribution in [0.2, 0.25) is 0 Å². The second kappa shape index (κ2) is 29.7. The first-order valence-corrected chi connectivity index (χ1v) is 36.9. The molecule has 18 rings (SSSR count). The molecule has 0 spiro atoms. The lowest BCUT2D eigenvalue weighted by Crippen LogP contribution is -2.60. The van der Waals surface area contributed by atoms with Gasteiger partial charge in [0.25, 0.3) is 0 Å². The van der Waals surface area contributed by atoms with E-state index in [2.05, 4.69) is 20.8 Å². The third-order valence-electron chi connectivity index (χ3n) is 29.2. The van der Waals surface area contributed by atoms with Gasteiger partial charge in [-0.05, 0) is 296 Å².